The summed E-state index contributed by atoms with van der Waals surface area (Å²) in [4.78, 5) is 10.6. The van der Waals surface area contributed by atoms with Crippen LogP contribution in [0.4, 0.5) is 4.79 Å². The number of hydrazone groups is 1. The van der Waals surface area contributed by atoms with E-state index in [1.807, 2.05) is 0 Å². The van der Waals surface area contributed by atoms with Gasteiger partial charge in [0.2, 0.25) is 0 Å². The van der Waals surface area contributed by atoms with E-state index in [0.717, 1.165) is 18.6 Å². The molecule has 4 nitrogen and oxygen atoms in total. The third kappa shape index (κ3) is 4.32. The molecule has 0 aromatic rings. The SMILES string of the molecule is CC(C)CC1CCCC/C1=N\NC(N)=O. The van der Waals surface area contributed by atoms with Crippen LogP contribution < -0.4 is 11.2 Å². The molecule has 0 spiro atoms. The summed E-state index contributed by atoms with van der Waals surface area (Å²) in [5.41, 5.74) is 8.46. The lowest BCUT2D eigenvalue weighted by Gasteiger charge is -2.25. The van der Waals surface area contributed by atoms with Crippen LogP contribution in [0.3, 0.4) is 0 Å². The van der Waals surface area contributed by atoms with Crippen molar-refractivity contribution in [2.75, 3.05) is 0 Å². The summed E-state index contributed by atoms with van der Waals surface area (Å²) in [5, 5.41) is 4.11. The highest BCUT2D eigenvalue weighted by Gasteiger charge is 2.21. The molecule has 1 saturated carbocycles. The zero-order chi connectivity index (χ0) is 11.3. The van der Waals surface area contributed by atoms with Crippen molar-refractivity contribution in [3.8, 4) is 0 Å². The van der Waals surface area contributed by atoms with Crippen molar-refractivity contribution < 1.29 is 4.79 Å². The zero-order valence-corrected chi connectivity index (χ0v) is 9.62. The van der Waals surface area contributed by atoms with Gasteiger partial charge >= 0.3 is 6.03 Å². The second-order valence-corrected chi connectivity index (χ2v) is 4.65. The first-order chi connectivity index (χ1) is 7.09. The molecule has 0 aromatic heterocycles. The maximum atomic E-state index is 10.6. The molecule has 0 heterocycles. The quantitative estimate of drug-likeness (QED) is 0.691. The summed E-state index contributed by atoms with van der Waals surface area (Å²) < 4.78 is 0. The number of hydrogen-bond acceptors (Lipinski definition) is 2. The second kappa shape index (κ2) is 5.73. The maximum Gasteiger partial charge on any atom is 0.332 e. The van der Waals surface area contributed by atoms with Gasteiger partial charge in [-0.15, -0.1) is 0 Å². The monoisotopic (exact) mass is 211 g/mol. The third-order valence-electron chi connectivity index (χ3n) is 2.77. The first-order valence-electron chi connectivity index (χ1n) is 5.71. The molecule has 1 aliphatic rings. The van der Waals surface area contributed by atoms with Gasteiger partial charge in [-0.2, -0.15) is 5.10 Å². The standard InChI is InChI=1S/C11H21N3O/c1-8(2)7-9-5-3-4-6-10(9)13-14-11(12)15/h8-9H,3-7H2,1-2H3,(H3,12,14,15)/b13-10+. The molecule has 15 heavy (non-hydrogen) atoms. The van der Waals surface area contributed by atoms with Crippen molar-refractivity contribution in [2.45, 2.75) is 46.0 Å². The van der Waals surface area contributed by atoms with E-state index in [9.17, 15) is 4.79 Å². The average molecular weight is 211 g/mol. The number of rotatable bonds is 3. The molecule has 3 N–H and O–H groups in total. The van der Waals surface area contributed by atoms with Crippen molar-refractivity contribution >= 4 is 11.7 Å². The van der Waals surface area contributed by atoms with Gasteiger partial charge in [0.25, 0.3) is 0 Å². The molecular weight excluding hydrogens is 190 g/mol. The topological polar surface area (TPSA) is 67.5 Å². The highest BCUT2D eigenvalue weighted by Crippen LogP contribution is 2.27. The van der Waals surface area contributed by atoms with Gasteiger partial charge in [-0.25, -0.2) is 10.2 Å². The Morgan fingerprint density at radius 3 is 2.93 bits per heavy atom. The summed E-state index contributed by atoms with van der Waals surface area (Å²) in [5.74, 6) is 1.21. The molecule has 1 aliphatic carbocycles. The van der Waals surface area contributed by atoms with E-state index in [0.29, 0.717) is 11.8 Å². The van der Waals surface area contributed by atoms with E-state index >= 15 is 0 Å². The molecule has 0 saturated heterocycles. The third-order valence-corrected chi connectivity index (χ3v) is 2.77. The van der Waals surface area contributed by atoms with E-state index < -0.39 is 6.03 Å². The molecule has 86 valence electrons. The van der Waals surface area contributed by atoms with Crippen LogP contribution >= 0.6 is 0 Å². The van der Waals surface area contributed by atoms with Crippen LogP contribution in [0.1, 0.15) is 46.0 Å². The predicted octanol–water partition coefficient (Wildman–Crippen LogP) is 2.25. The van der Waals surface area contributed by atoms with Gasteiger partial charge in [0.05, 0.1) is 0 Å². The minimum absolute atomic E-state index is 0.533. The fourth-order valence-corrected chi connectivity index (χ4v) is 2.16. The second-order valence-electron chi connectivity index (χ2n) is 4.65. The Hall–Kier alpha value is -1.06. The van der Waals surface area contributed by atoms with E-state index in [1.54, 1.807) is 0 Å². The fourth-order valence-electron chi connectivity index (χ4n) is 2.16. The molecule has 0 aliphatic heterocycles. The van der Waals surface area contributed by atoms with Crippen LogP contribution in [0.5, 0.6) is 0 Å². The van der Waals surface area contributed by atoms with Crippen molar-refractivity contribution in [3.05, 3.63) is 0 Å². The minimum Gasteiger partial charge on any atom is -0.350 e. The summed E-state index contributed by atoms with van der Waals surface area (Å²) in [6, 6.07) is -0.573. The molecular formula is C11H21N3O. The van der Waals surface area contributed by atoms with E-state index in [-0.39, 0.29) is 0 Å². The van der Waals surface area contributed by atoms with Gasteiger partial charge in [0.1, 0.15) is 0 Å². The van der Waals surface area contributed by atoms with Crippen LogP contribution in [0.2, 0.25) is 0 Å². The highest BCUT2D eigenvalue weighted by atomic mass is 16.2. The lowest BCUT2D eigenvalue weighted by molar-refractivity contribution is 0.249. The van der Waals surface area contributed by atoms with Gasteiger partial charge in [-0.05, 0) is 37.5 Å². The number of nitrogens with zero attached hydrogens (tertiary/aromatic N) is 1. The Bertz CT molecular complexity index is 248. The number of urea groups is 1. The normalized spacial score (nSPS) is 24.5. The Kier molecular flexibility index (Phi) is 4.59. The highest BCUT2D eigenvalue weighted by molar-refractivity contribution is 5.88. The molecule has 1 unspecified atom stereocenters. The first-order valence-corrected chi connectivity index (χ1v) is 5.71. The van der Waals surface area contributed by atoms with Crippen LogP contribution in [0.15, 0.2) is 5.10 Å². The summed E-state index contributed by atoms with van der Waals surface area (Å²) in [6.45, 7) is 4.43. The Balaban J connectivity index is 2.56. The van der Waals surface area contributed by atoms with Crippen LogP contribution in [0.25, 0.3) is 0 Å². The van der Waals surface area contributed by atoms with E-state index in [2.05, 4.69) is 24.4 Å². The molecule has 4 heteroatoms. The number of nitrogens with two attached hydrogens (primary N) is 1. The number of carbonyl (C=O) groups is 1. The summed E-state index contributed by atoms with van der Waals surface area (Å²) in [7, 11) is 0. The smallest absolute Gasteiger partial charge is 0.332 e. The van der Waals surface area contributed by atoms with Crippen molar-refractivity contribution in [1.82, 2.24) is 5.43 Å². The predicted molar refractivity (Wildman–Crippen MR) is 61.6 cm³/mol. The lowest BCUT2D eigenvalue weighted by Crippen LogP contribution is -2.29. The van der Waals surface area contributed by atoms with Crippen molar-refractivity contribution in [3.63, 3.8) is 0 Å². The Morgan fingerprint density at radius 2 is 2.33 bits per heavy atom. The van der Waals surface area contributed by atoms with E-state index in [1.165, 1.54) is 19.3 Å². The number of nitrogens with one attached hydrogen (secondary N) is 1. The number of hydrogen-bond donors (Lipinski definition) is 2. The lowest BCUT2D eigenvalue weighted by atomic mass is 9.82. The molecule has 2 amide bonds. The van der Waals surface area contributed by atoms with Gasteiger partial charge in [-0.3, -0.25) is 0 Å². The fraction of sp³-hybridized carbons (Fsp3) is 0.818. The molecule has 1 fully saturated rings. The summed E-state index contributed by atoms with van der Waals surface area (Å²) in [6.07, 6.45) is 5.79. The van der Waals surface area contributed by atoms with E-state index in [4.69, 9.17) is 5.73 Å². The largest absolute Gasteiger partial charge is 0.350 e. The minimum atomic E-state index is -0.573. The summed E-state index contributed by atoms with van der Waals surface area (Å²) >= 11 is 0. The van der Waals surface area contributed by atoms with Crippen molar-refractivity contribution in [1.29, 1.82) is 0 Å². The van der Waals surface area contributed by atoms with Crippen LogP contribution in [0, 0.1) is 11.8 Å². The number of amides is 2. The Labute approximate surface area is 91.3 Å². The number of carbonyl (C=O) groups excluding carboxylic acids is 1. The van der Waals surface area contributed by atoms with Gasteiger partial charge < -0.3 is 5.73 Å². The zero-order valence-electron chi connectivity index (χ0n) is 9.62. The van der Waals surface area contributed by atoms with Gasteiger partial charge in [-0.1, -0.05) is 20.3 Å². The Morgan fingerprint density at radius 1 is 1.60 bits per heavy atom. The van der Waals surface area contributed by atoms with Crippen molar-refractivity contribution in [2.24, 2.45) is 22.7 Å². The molecule has 0 bridgehead atoms. The molecule has 0 radical (unpaired) electrons. The van der Waals surface area contributed by atoms with Crippen LogP contribution in [-0.4, -0.2) is 11.7 Å². The van der Waals surface area contributed by atoms with Gasteiger partial charge in [0, 0.05) is 5.71 Å². The first kappa shape index (κ1) is 12.0. The van der Waals surface area contributed by atoms with Crippen LogP contribution in [-0.2, 0) is 0 Å². The van der Waals surface area contributed by atoms with Gasteiger partial charge in [0.15, 0.2) is 0 Å². The molecule has 1 rings (SSSR count). The average Bonchev–Trinajstić information content (AvgIpc) is 2.15. The molecule has 0 aromatic carbocycles. The maximum absolute atomic E-state index is 10.6. The number of primary amides is 1. The molecule has 1 atom stereocenters.